The lowest BCUT2D eigenvalue weighted by atomic mass is 10.1. The van der Waals surface area contributed by atoms with E-state index in [4.69, 9.17) is 4.74 Å². The first kappa shape index (κ1) is 19.2. The Kier molecular flexibility index (Phi) is 5.54. The maximum atomic E-state index is 13.0. The second-order valence-electron chi connectivity index (χ2n) is 6.98. The molecule has 1 atom stereocenters. The van der Waals surface area contributed by atoms with Gasteiger partial charge in [-0.15, -0.1) is 0 Å². The Balaban J connectivity index is 1.41. The maximum Gasteiger partial charge on any atom is 0.251 e. The van der Waals surface area contributed by atoms with Gasteiger partial charge in [0.1, 0.15) is 5.75 Å². The van der Waals surface area contributed by atoms with Gasteiger partial charge in [0.25, 0.3) is 5.91 Å². The molecule has 2 saturated heterocycles. The van der Waals surface area contributed by atoms with Gasteiger partial charge in [0.2, 0.25) is 5.91 Å². The molecule has 0 aromatic heterocycles. The van der Waals surface area contributed by atoms with E-state index in [2.05, 4.69) is 44.5 Å². The van der Waals surface area contributed by atoms with Crippen molar-refractivity contribution in [1.82, 2.24) is 4.90 Å². The van der Waals surface area contributed by atoms with Crippen molar-refractivity contribution in [1.29, 1.82) is 0 Å². The number of ether oxygens (including phenoxy) is 1. The molecule has 0 aliphatic carbocycles. The molecule has 0 spiro atoms. The summed E-state index contributed by atoms with van der Waals surface area (Å²) in [7, 11) is 1.66. The third kappa shape index (κ3) is 3.73. The molecule has 0 saturated carbocycles. The van der Waals surface area contributed by atoms with E-state index in [-0.39, 0.29) is 24.3 Å². The van der Waals surface area contributed by atoms with E-state index in [9.17, 15) is 9.59 Å². The van der Waals surface area contributed by atoms with Crippen LogP contribution >= 0.6 is 22.6 Å². The van der Waals surface area contributed by atoms with E-state index in [0.717, 1.165) is 41.2 Å². The number of benzene rings is 2. The van der Waals surface area contributed by atoms with Gasteiger partial charge in [-0.3, -0.25) is 14.5 Å². The highest BCUT2D eigenvalue weighted by Gasteiger charge is 2.43. The number of rotatable bonds is 4. The number of amides is 2. The van der Waals surface area contributed by atoms with Crippen LogP contribution in [0.5, 0.6) is 5.75 Å². The number of halogens is 1. The summed E-state index contributed by atoms with van der Waals surface area (Å²) in [5, 5.41) is 0. The van der Waals surface area contributed by atoms with E-state index in [1.165, 1.54) is 4.90 Å². The summed E-state index contributed by atoms with van der Waals surface area (Å²) in [4.78, 5) is 31.3. The molecule has 28 heavy (non-hydrogen) atoms. The van der Waals surface area contributed by atoms with Crippen molar-refractivity contribution < 1.29 is 14.3 Å². The molecule has 4 rings (SSSR count). The van der Waals surface area contributed by atoms with E-state index < -0.39 is 0 Å². The standard InChI is InChI=1S/C21H22IN3O3/c1-28-18-8-6-16(7-9-18)23-10-12-24(13-11-23)19-14-20(26)25(21(19)27)17-4-2-15(22)3-5-17/h2-9,19H,10-14H2,1H3. The predicted molar refractivity (Wildman–Crippen MR) is 117 cm³/mol. The smallest absolute Gasteiger partial charge is 0.251 e. The first-order valence-corrected chi connectivity index (χ1v) is 10.4. The largest absolute Gasteiger partial charge is 0.497 e. The third-order valence-electron chi connectivity index (χ3n) is 5.40. The Labute approximate surface area is 178 Å². The molecule has 7 heteroatoms. The van der Waals surface area contributed by atoms with Gasteiger partial charge in [-0.25, -0.2) is 4.90 Å². The van der Waals surface area contributed by atoms with Crippen molar-refractivity contribution in [2.45, 2.75) is 12.5 Å². The number of hydrogen-bond acceptors (Lipinski definition) is 5. The quantitative estimate of drug-likeness (QED) is 0.487. The Morgan fingerprint density at radius 3 is 2.11 bits per heavy atom. The number of carbonyl (C=O) groups is 2. The van der Waals surface area contributed by atoms with Crippen LogP contribution in [0.4, 0.5) is 11.4 Å². The average Bonchev–Trinajstić information content (AvgIpc) is 3.03. The lowest BCUT2D eigenvalue weighted by molar-refractivity contribution is -0.123. The predicted octanol–water partition coefficient (Wildman–Crippen LogP) is 2.75. The average molecular weight is 491 g/mol. The topological polar surface area (TPSA) is 53.1 Å². The van der Waals surface area contributed by atoms with Crippen LogP contribution in [0.2, 0.25) is 0 Å². The molecule has 2 fully saturated rings. The molecule has 0 radical (unpaired) electrons. The number of hydrogen-bond donors (Lipinski definition) is 0. The molecule has 2 aromatic rings. The van der Waals surface area contributed by atoms with Gasteiger partial charge < -0.3 is 9.64 Å². The molecular formula is C21H22IN3O3. The zero-order chi connectivity index (χ0) is 19.7. The number of methoxy groups -OCH3 is 1. The molecule has 6 nitrogen and oxygen atoms in total. The van der Waals surface area contributed by atoms with Crippen molar-refractivity contribution in [3.63, 3.8) is 0 Å². The highest BCUT2D eigenvalue weighted by Crippen LogP contribution is 2.28. The van der Waals surface area contributed by atoms with Gasteiger partial charge in [-0.2, -0.15) is 0 Å². The van der Waals surface area contributed by atoms with Gasteiger partial charge >= 0.3 is 0 Å². The van der Waals surface area contributed by atoms with Gasteiger partial charge in [0.15, 0.2) is 0 Å². The first-order valence-electron chi connectivity index (χ1n) is 9.32. The zero-order valence-corrected chi connectivity index (χ0v) is 17.8. The Morgan fingerprint density at radius 1 is 0.893 bits per heavy atom. The normalized spacial score (nSPS) is 20.7. The van der Waals surface area contributed by atoms with Crippen LogP contribution in [0.1, 0.15) is 6.42 Å². The molecular weight excluding hydrogens is 469 g/mol. The lowest BCUT2D eigenvalue weighted by Crippen LogP contribution is -2.52. The van der Waals surface area contributed by atoms with Crippen LogP contribution in [-0.4, -0.2) is 56.0 Å². The third-order valence-corrected chi connectivity index (χ3v) is 6.12. The van der Waals surface area contributed by atoms with Crippen molar-refractivity contribution in [3.8, 4) is 5.75 Å². The highest BCUT2D eigenvalue weighted by molar-refractivity contribution is 14.1. The Hall–Kier alpha value is -2.13. The summed E-state index contributed by atoms with van der Waals surface area (Å²) >= 11 is 2.21. The number of imide groups is 1. The molecule has 1 unspecified atom stereocenters. The number of piperazine rings is 1. The number of anilines is 2. The molecule has 0 N–H and O–H groups in total. The summed E-state index contributed by atoms with van der Waals surface area (Å²) in [6, 6.07) is 15.2. The van der Waals surface area contributed by atoms with Gasteiger partial charge in [0, 0.05) is 35.4 Å². The molecule has 0 bridgehead atoms. The SMILES string of the molecule is COc1ccc(N2CCN(C3CC(=O)N(c4ccc(I)cc4)C3=O)CC2)cc1. The molecule has 2 heterocycles. The zero-order valence-electron chi connectivity index (χ0n) is 15.7. The van der Waals surface area contributed by atoms with Crippen LogP contribution in [-0.2, 0) is 9.59 Å². The molecule has 146 valence electrons. The van der Waals surface area contributed by atoms with Crippen molar-refractivity contribution in [2.24, 2.45) is 0 Å². The summed E-state index contributed by atoms with van der Waals surface area (Å²) in [5.41, 5.74) is 1.81. The fourth-order valence-corrected chi connectivity index (χ4v) is 4.21. The summed E-state index contributed by atoms with van der Waals surface area (Å²) in [5.74, 6) is 0.617. The summed E-state index contributed by atoms with van der Waals surface area (Å²) in [6.07, 6.45) is 0.257. The van der Waals surface area contributed by atoms with Gasteiger partial charge in [-0.1, -0.05) is 0 Å². The second kappa shape index (κ2) is 8.08. The van der Waals surface area contributed by atoms with Crippen molar-refractivity contribution in [3.05, 3.63) is 52.1 Å². The van der Waals surface area contributed by atoms with Crippen LogP contribution in [0.15, 0.2) is 48.5 Å². The minimum atomic E-state index is -0.357. The monoisotopic (exact) mass is 491 g/mol. The minimum Gasteiger partial charge on any atom is -0.497 e. The number of carbonyl (C=O) groups excluding carboxylic acids is 2. The fourth-order valence-electron chi connectivity index (χ4n) is 3.85. The Bertz CT molecular complexity index is 861. The van der Waals surface area contributed by atoms with E-state index in [1.54, 1.807) is 7.11 Å². The van der Waals surface area contributed by atoms with Crippen LogP contribution in [0, 0.1) is 3.57 Å². The number of nitrogens with zero attached hydrogens (tertiary/aromatic N) is 3. The van der Waals surface area contributed by atoms with Crippen LogP contribution in [0.3, 0.4) is 0 Å². The van der Waals surface area contributed by atoms with Crippen LogP contribution < -0.4 is 14.5 Å². The highest BCUT2D eigenvalue weighted by atomic mass is 127. The summed E-state index contributed by atoms with van der Waals surface area (Å²) < 4.78 is 6.29. The van der Waals surface area contributed by atoms with E-state index >= 15 is 0 Å². The van der Waals surface area contributed by atoms with Gasteiger partial charge in [-0.05, 0) is 71.1 Å². The molecule has 2 amide bonds. The second-order valence-corrected chi connectivity index (χ2v) is 8.23. The summed E-state index contributed by atoms with van der Waals surface area (Å²) in [6.45, 7) is 3.17. The maximum absolute atomic E-state index is 13.0. The van der Waals surface area contributed by atoms with Gasteiger partial charge in [0.05, 0.1) is 25.3 Å². The molecule has 2 aliphatic heterocycles. The fraction of sp³-hybridized carbons (Fsp3) is 0.333. The first-order chi connectivity index (χ1) is 13.6. The minimum absolute atomic E-state index is 0.107. The van der Waals surface area contributed by atoms with Crippen molar-refractivity contribution >= 4 is 45.8 Å². The lowest BCUT2D eigenvalue weighted by Gasteiger charge is -2.38. The molecule has 2 aliphatic rings. The molecule has 2 aromatic carbocycles. The van der Waals surface area contributed by atoms with E-state index in [0.29, 0.717) is 5.69 Å². The van der Waals surface area contributed by atoms with Crippen molar-refractivity contribution in [2.75, 3.05) is 43.1 Å². The van der Waals surface area contributed by atoms with E-state index in [1.807, 2.05) is 36.4 Å². The van der Waals surface area contributed by atoms with Crippen LogP contribution in [0.25, 0.3) is 0 Å². The Morgan fingerprint density at radius 2 is 1.50 bits per heavy atom.